The Balaban J connectivity index is 0. The van der Waals surface area contributed by atoms with Gasteiger partial charge in [0.2, 0.25) is 0 Å². The second-order valence-corrected chi connectivity index (χ2v) is 12.8. The molecule has 0 aliphatic carbocycles. The van der Waals surface area contributed by atoms with Crippen LogP contribution in [0.15, 0.2) is 0 Å². The summed E-state index contributed by atoms with van der Waals surface area (Å²) in [6.45, 7) is 4.51. The molecule has 0 radical (unpaired) electrons. The van der Waals surface area contributed by atoms with Gasteiger partial charge in [0.25, 0.3) is 0 Å². The predicted molar refractivity (Wildman–Crippen MR) is 154 cm³/mol. The van der Waals surface area contributed by atoms with Crippen molar-refractivity contribution in [3.05, 3.63) is 0 Å². The van der Waals surface area contributed by atoms with E-state index in [0.29, 0.717) is 12.8 Å². The Hall–Kier alpha value is 1.55. The van der Waals surface area contributed by atoms with Gasteiger partial charge in [-0.05, 0) is 12.8 Å². The molecule has 0 spiro atoms. The van der Waals surface area contributed by atoms with Gasteiger partial charge >= 0.3 is 51.4 Å². The fourth-order valence-electron chi connectivity index (χ4n) is 5.21. The topological polar surface area (TPSA) is 57.2 Å². The quantitative estimate of drug-likeness (QED) is 0.0537. The van der Waals surface area contributed by atoms with Gasteiger partial charge in [0, 0.05) is 5.25 Å². The van der Waals surface area contributed by atoms with Crippen molar-refractivity contribution >= 4 is 10.1 Å². The molecule has 0 aromatic heterocycles. The first-order valence-electron chi connectivity index (χ1n) is 16.0. The molecular weight excluding hydrogens is 492 g/mol. The molecule has 0 amide bonds. The van der Waals surface area contributed by atoms with E-state index in [1.165, 1.54) is 141 Å². The van der Waals surface area contributed by atoms with Crippen molar-refractivity contribution in [3.8, 4) is 0 Å². The first-order chi connectivity index (χ1) is 17.0. The van der Waals surface area contributed by atoms with E-state index in [2.05, 4.69) is 13.8 Å². The monoisotopic (exact) mass is 554 g/mol. The molecule has 0 aliphatic heterocycles. The molecule has 1 atom stereocenters. The summed E-state index contributed by atoms with van der Waals surface area (Å²) in [6, 6.07) is 0. The fourth-order valence-corrected chi connectivity index (χ4v) is 6.12. The summed E-state index contributed by atoms with van der Waals surface area (Å²) in [5, 5.41) is -0.649. The Morgan fingerprint density at radius 1 is 0.417 bits per heavy atom. The third-order valence-corrected chi connectivity index (χ3v) is 8.96. The first kappa shape index (κ1) is 39.7. The van der Waals surface area contributed by atoms with E-state index in [-0.39, 0.29) is 51.4 Å². The molecule has 0 heterocycles. The maximum Gasteiger partial charge on any atom is 1.00 e. The van der Waals surface area contributed by atoms with Crippen LogP contribution in [0.1, 0.15) is 194 Å². The van der Waals surface area contributed by atoms with E-state index in [0.717, 1.165) is 25.7 Å². The second kappa shape index (κ2) is 31.1. The van der Waals surface area contributed by atoms with Crippen LogP contribution in [0.2, 0.25) is 0 Å². The average molecular weight is 555 g/mol. The van der Waals surface area contributed by atoms with Gasteiger partial charge in [-0.3, -0.25) is 0 Å². The Kier molecular flexibility index (Phi) is 34.3. The minimum Gasteiger partial charge on any atom is -0.748 e. The van der Waals surface area contributed by atoms with Crippen molar-refractivity contribution in [1.29, 1.82) is 0 Å². The van der Waals surface area contributed by atoms with Crippen LogP contribution in [0.3, 0.4) is 0 Å². The summed E-state index contributed by atoms with van der Waals surface area (Å²) < 4.78 is 34.9. The van der Waals surface area contributed by atoms with Gasteiger partial charge in [-0.1, -0.05) is 181 Å². The number of hydrogen-bond acceptors (Lipinski definition) is 3. The van der Waals surface area contributed by atoms with Crippen molar-refractivity contribution in [2.45, 2.75) is 199 Å². The zero-order chi connectivity index (χ0) is 25.9. The molecule has 0 N–H and O–H groups in total. The number of unbranched alkanes of at least 4 members (excludes halogenated alkanes) is 24. The average Bonchev–Trinajstić information content (AvgIpc) is 2.82. The number of hydrogen-bond donors (Lipinski definition) is 0. The zero-order valence-electron chi connectivity index (χ0n) is 25.0. The molecule has 0 fully saturated rings. The number of rotatable bonds is 29. The van der Waals surface area contributed by atoms with Crippen molar-refractivity contribution in [1.82, 2.24) is 0 Å². The summed E-state index contributed by atoms with van der Waals surface area (Å²) in [5.41, 5.74) is 0. The molecule has 0 saturated carbocycles. The Labute approximate surface area is 270 Å². The molecule has 0 bridgehead atoms. The standard InChI is InChI=1S/C31H64O3S.K/c1-3-5-7-9-11-13-14-15-16-17-18-19-20-21-22-24-26-28-30-31(35(32,33)34)29-27-25-23-12-10-8-6-4-2;/h31H,3-30H2,1-2H3,(H,32,33,34);/q;+1/p-1. The van der Waals surface area contributed by atoms with Gasteiger partial charge in [-0.25, -0.2) is 8.42 Å². The van der Waals surface area contributed by atoms with Crippen LogP contribution in [0, 0.1) is 0 Å². The minimum atomic E-state index is -4.14. The van der Waals surface area contributed by atoms with Crippen LogP contribution in [0.4, 0.5) is 0 Å². The summed E-state index contributed by atoms with van der Waals surface area (Å²) >= 11 is 0. The van der Waals surface area contributed by atoms with E-state index >= 15 is 0 Å². The summed E-state index contributed by atoms with van der Waals surface area (Å²) in [5.74, 6) is 0. The van der Waals surface area contributed by atoms with E-state index in [9.17, 15) is 13.0 Å². The van der Waals surface area contributed by atoms with Crippen molar-refractivity contribution in [3.63, 3.8) is 0 Å². The second-order valence-electron chi connectivity index (χ2n) is 11.2. The van der Waals surface area contributed by atoms with Crippen LogP contribution >= 0.6 is 0 Å². The van der Waals surface area contributed by atoms with E-state index in [1.54, 1.807) is 0 Å². The van der Waals surface area contributed by atoms with Crippen LogP contribution in [0.5, 0.6) is 0 Å². The Bertz CT molecular complexity index is 510. The van der Waals surface area contributed by atoms with E-state index in [1.807, 2.05) is 0 Å². The summed E-state index contributed by atoms with van der Waals surface area (Å²) in [6.07, 6.45) is 34.7. The van der Waals surface area contributed by atoms with Crippen LogP contribution in [-0.4, -0.2) is 18.2 Å². The van der Waals surface area contributed by atoms with Gasteiger partial charge in [-0.15, -0.1) is 0 Å². The summed E-state index contributed by atoms with van der Waals surface area (Å²) in [7, 11) is -4.14. The van der Waals surface area contributed by atoms with Gasteiger partial charge < -0.3 is 4.55 Å². The molecule has 0 rings (SSSR count). The van der Waals surface area contributed by atoms with Crippen molar-refractivity contribution < 1.29 is 64.4 Å². The molecule has 0 aromatic rings. The molecule has 0 aliphatic rings. The van der Waals surface area contributed by atoms with Gasteiger partial charge in [0.1, 0.15) is 0 Å². The molecular formula is C31H63KO3S. The molecule has 212 valence electrons. The van der Waals surface area contributed by atoms with Crippen LogP contribution in [-0.2, 0) is 10.1 Å². The minimum absolute atomic E-state index is 0. The molecule has 0 aromatic carbocycles. The van der Waals surface area contributed by atoms with E-state index in [4.69, 9.17) is 0 Å². The third-order valence-electron chi connectivity index (χ3n) is 7.67. The molecule has 0 saturated heterocycles. The smallest absolute Gasteiger partial charge is 0.748 e. The molecule has 36 heavy (non-hydrogen) atoms. The molecule has 3 nitrogen and oxygen atoms in total. The van der Waals surface area contributed by atoms with Gasteiger partial charge in [-0.2, -0.15) is 0 Å². The largest absolute Gasteiger partial charge is 1.00 e. The SMILES string of the molecule is CCCCCCCCCCCCCCCCCCCCC(CCCCCCCCCC)S(=O)(=O)[O-].[K+]. The fraction of sp³-hybridized carbons (Fsp3) is 1.00. The first-order valence-corrected chi connectivity index (χ1v) is 17.4. The van der Waals surface area contributed by atoms with Crippen molar-refractivity contribution in [2.75, 3.05) is 0 Å². The van der Waals surface area contributed by atoms with Crippen molar-refractivity contribution in [2.24, 2.45) is 0 Å². The Morgan fingerprint density at radius 2 is 0.611 bits per heavy atom. The maximum atomic E-state index is 11.6. The molecule has 5 heteroatoms. The van der Waals surface area contributed by atoms with Gasteiger partial charge in [0.15, 0.2) is 0 Å². The van der Waals surface area contributed by atoms with E-state index < -0.39 is 15.4 Å². The van der Waals surface area contributed by atoms with Gasteiger partial charge in [0.05, 0.1) is 10.1 Å². The van der Waals surface area contributed by atoms with Crippen LogP contribution in [0.25, 0.3) is 0 Å². The Morgan fingerprint density at radius 3 is 0.806 bits per heavy atom. The third kappa shape index (κ3) is 30.1. The zero-order valence-corrected chi connectivity index (χ0v) is 28.9. The predicted octanol–water partition coefficient (Wildman–Crippen LogP) is 7.87. The molecule has 1 unspecified atom stereocenters. The summed E-state index contributed by atoms with van der Waals surface area (Å²) in [4.78, 5) is 0. The maximum absolute atomic E-state index is 11.6. The van der Waals surface area contributed by atoms with Crippen LogP contribution < -0.4 is 51.4 Å². The normalized spacial score (nSPS) is 12.5.